The normalized spacial score (nSPS) is 12.1. The van der Waals surface area contributed by atoms with Gasteiger partial charge < -0.3 is 10.6 Å². The van der Waals surface area contributed by atoms with Gasteiger partial charge in [0.05, 0.1) is 5.69 Å². The minimum Gasteiger partial charge on any atom is -0.354 e. The van der Waals surface area contributed by atoms with Crippen molar-refractivity contribution in [3.8, 4) is 0 Å². The first-order valence-corrected chi connectivity index (χ1v) is 6.92. The highest BCUT2D eigenvalue weighted by Gasteiger charge is 2.05. The molecule has 0 heterocycles. The first kappa shape index (κ1) is 14.3. The lowest BCUT2D eigenvalue weighted by Crippen LogP contribution is -2.36. The summed E-state index contributed by atoms with van der Waals surface area (Å²) in [7, 11) is 0. The molecule has 0 amide bonds. The zero-order valence-electron chi connectivity index (χ0n) is 10.8. The molecule has 1 aromatic rings. The molecule has 4 heteroatoms. The molecule has 17 heavy (non-hydrogen) atoms. The lowest BCUT2D eigenvalue weighted by molar-refractivity contribution is 0.717. The predicted molar refractivity (Wildman–Crippen MR) is 83.6 cm³/mol. The molecular formula is C13H20IN3. The minimum absolute atomic E-state index is 0.269. The lowest BCUT2D eigenvalue weighted by atomic mass is 10.3. The molecule has 0 unspecified atom stereocenters. The number of para-hydroxylation sites is 1. The van der Waals surface area contributed by atoms with Gasteiger partial charge in [-0.15, -0.1) is 0 Å². The van der Waals surface area contributed by atoms with Gasteiger partial charge in [0.15, 0.2) is 5.96 Å². The number of anilines is 1. The Morgan fingerprint density at radius 2 is 1.82 bits per heavy atom. The van der Waals surface area contributed by atoms with E-state index in [1.165, 1.54) is 3.57 Å². The van der Waals surface area contributed by atoms with Gasteiger partial charge >= 0.3 is 0 Å². The van der Waals surface area contributed by atoms with Crippen LogP contribution in [0.25, 0.3) is 0 Å². The number of guanidine groups is 1. The Hall–Kier alpha value is -0.780. The van der Waals surface area contributed by atoms with Crippen LogP contribution in [-0.4, -0.2) is 18.0 Å². The van der Waals surface area contributed by atoms with Gasteiger partial charge in [0.1, 0.15) is 0 Å². The van der Waals surface area contributed by atoms with Crippen molar-refractivity contribution in [2.75, 3.05) is 5.32 Å². The van der Waals surface area contributed by atoms with Gasteiger partial charge in [-0.2, -0.15) is 0 Å². The van der Waals surface area contributed by atoms with Gasteiger partial charge in [0, 0.05) is 15.7 Å². The number of nitrogens with one attached hydrogen (secondary N) is 2. The largest absolute Gasteiger partial charge is 0.354 e. The van der Waals surface area contributed by atoms with Crippen molar-refractivity contribution in [2.24, 2.45) is 4.99 Å². The lowest BCUT2D eigenvalue weighted by Gasteiger charge is -2.17. The maximum Gasteiger partial charge on any atom is 0.196 e. The molecule has 0 aliphatic carbocycles. The molecule has 0 bridgehead atoms. The molecule has 0 saturated heterocycles. The zero-order valence-corrected chi connectivity index (χ0v) is 12.9. The quantitative estimate of drug-likeness (QED) is 0.500. The summed E-state index contributed by atoms with van der Waals surface area (Å²) in [4.78, 5) is 4.54. The molecule has 1 aromatic carbocycles. The molecule has 2 N–H and O–H groups in total. The SMILES string of the molecule is CC(C)N=C(Nc1ccccc1I)NC(C)C. The second kappa shape index (κ2) is 6.83. The Morgan fingerprint density at radius 1 is 1.18 bits per heavy atom. The van der Waals surface area contributed by atoms with Crippen molar-refractivity contribution in [2.45, 2.75) is 39.8 Å². The van der Waals surface area contributed by atoms with E-state index in [4.69, 9.17) is 0 Å². The summed E-state index contributed by atoms with van der Waals surface area (Å²) in [6.07, 6.45) is 0. The van der Waals surface area contributed by atoms with Crippen LogP contribution in [0.4, 0.5) is 5.69 Å². The van der Waals surface area contributed by atoms with Crippen LogP contribution in [0.3, 0.4) is 0 Å². The predicted octanol–water partition coefficient (Wildman–Crippen LogP) is 3.47. The van der Waals surface area contributed by atoms with Crippen molar-refractivity contribution in [3.05, 3.63) is 27.8 Å². The standard InChI is InChI=1S/C13H20IN3/c1-9(2)15-13(16-10(3)4)17-12-8-6-5-7-11(12)14/h5-10H,1-4H3,(H2,15,16,17). The molecule has 0 aliphatic rings. The van der Waals surface area contributed by atoms with Gasteiger partial charge in [-0.25, -0.2) is 0 Å². The Balaban J connectivity index is 2.83. The van der Waals surface area contributed by atoms with Crippen LogP contribution in [0.2, 0.25) is 0 Å². The highest BCUT2D eigenvalue weighted by atomic mass is 127. The van der Waals surface area contributed by atoms with Crippen molar-refractivity contribution in [1.29, 1.82) is 0 Å². The number of aliphatic imine (C=N–C) groups is 1. The molecular weight excluding hydrogens is 325 g/mol. The van der Waals surface area contributed by atoms with Gasteiger partial charge in [0.25, 0.3) is 0 Å². The summed E-state index contributed by atoms with van der Waals surface area (Å²) in [6, 6.07) is 8.81. The van der Waals surface area contributed by atoms with E-state index in [0.29, 0.717) is 6.04 Å². The first-order valence-electron chi connectivity index (χ1n) is 5.85. The van der Waals surface area contributed by atoms with E-state index in [1.807, 2.05) is 12.1 Å². The zero-order chi connectivity index (χ0) is 12.8. The average Bonchev–Trinajstić information content (AvgIpc) is 2.19. The van der Waals surface area contributed by atoms with Crippen LogP contribution in [-0.2, 0) is 0 Å². The highest BCUT2D eigenvalue weighted by molar-refractivity contribution is 14.1. The van der Waals surface area contributed by atoms with Gasteiger partial charge in [-0.3, -0.25) is 4.99 Å². The van der Waals surface area contributed by atoms with Gasteiger partial charge in [-0.05, 0) is 62.4 Å². The number of nitrogens with zero attached hydrogens (tertiary/aromatic N) is 1. The molecule has 0 spiro atoms. The minimum atomic E-state index is 0.269. The fourth-order valence-electron chi connectivity index (χ4n) is 1.33. The van der Waals surface area contributed by atoms with Crippen molar-refractivity contribution < 1.29 is 0 Å². The summed E-state index contributed by atoms with van der Waals surface area (Å²) in [5, 5.41) is 6.66. The van der Waals surface area contributed by atoms with Gasteiger partial charge in [-0.1, -0.05) is 12.1 Å². The van der Waals surface area contributed by atoms with Crippen molar-refractivity contribution in [3.63, 3.8) is 0 Å². The third kappa shape index (κ3) is 5.39. The molecule has 0 atom stereocenters. The van der Waals surface area contributed by atoms with Crippen molar-refractivity contribution in [1.82, 2.24) is 5.32 Å². The van der Waals surface area contributed by atoms with Crippen molar-refractivity contribution >= 4 is 34.2 Å². The van der Waals surface area contributed by atoms with Crippen LogP contribution in [0, 0.1) is 3.57 Å². The third-order valence-corrected chi connectivity index (χ3v) is 2.88. The summed E-state index contributed by atoms with van der Waals surface area (Å²) in [6.45, 7) is 8.35. The van der Waals surface area contributed by atoms with Crippen LogP contribution >= 0.6 is 22.6 Å². The second-order valence-electron chi connectivity index (χ2n) is 4.48. The van der Waals surface area contributed by atoms with E-state index < -0.39 is 0 Å². The molecule has 0 aliphatic heterocycles. The molecule has 0 aromatic heterocycles. The fourth-order valence-corrected chi connectivity index (χ4v) is 1.85. The van der Waals surface area contributed by atoms with Crippen LogP contribution in [0.15, 0.2) is 29.3 Å². The summed E-state index contributed by atoms with van der Waals surface area (Å²) in [5.41, 5.74) is 1.08. The maximum atomic E-state index is 4.54. The highest BCUT2D eigenvalue weighted by Crippen LogP contribution is 2.16. The number of hydrogen-bond donors (Lipinski definition) is 2. The van der Waals surface area contributed by atoms with Crippen LogP contribution in [0.5, 0.6) is 0 Å². The topological polar surface area (TPSA) is 36.4 Å². The first-order chi connectivity index (χ1) is 7.99. The van der Waals surface area contributed by atoms with E-state index in [0.717, 1.165) is 11.6 Å². The molecule has 0 fully saturated rings. The molecule has 1 rings (SSSR count). The Kier molecular flexibility index (Phi) is 5.74. The number of benzene rings is 1. The van der Waals surface area contributed by atoms with E-state index in [2.05, 4.69) is 78.0 Å². The van der Waals surface area contributed by atoms with E-state index in [9.17, 15) is 0 Å². The molecule has 0 radical (unpaired) electrons. The summed E-state index contributed by atoms with van der Waals surface area (Å²) in [5.74, 6) is 0.833. The summed E-state index contributed by atoms with van der Waals surface area (Å²) >= 11 is 2.32. The Morgan fingerprint density at radius 3 is 2.35 bits per heavy atom. The Labute approximate surface area is 117 Å². The molecule has 0 saturated carbocycles. The number of hydrogen-bond acceptors (Lipinski definition) is 1. The van der Waals surface area contributed by atoms with Gasteiger partial charge in [0.2, 0.25) is 0 Å². The average molecular weight is 345 g/mol. The monoisotopic (exact) mass is 345 g/mol. The van der Waals surface area contributed by atoms with E-state index in [-0.39, 0.29) is 6.04 Å². The smallest absolute Gasteiger partial charge is 0.196 e. The van der Waals surface area contributed by atoms with Crippen LogP contribution in [0.1, 0.15) is 27.7 Å². The van der Waals surface area contributed by atoms with Crippen LogP contribution < -0.4 is 10.6 Å². The molecule has 94 valence electrons. The number of rotatable bonds is 3. The summed E-state index contributed by atoms with van der Waals surface area (Å²) < 4.78 is 1.19. The Bertz CT molecular complexity index is 386. The second-order valence-corrected chi connectivity index (χ2v) is 5.64. The number of halogens is 1. The van der Waals surface area contributed by atoms with E-state index in [1.54, 1.807) is 0 Å². The molecule has 3 nitrogen and oxygen atoms in total. The van der Waals surface area contributed by atoms with E-state index >= 15 is 0 Å². The third-order valence-electron chi connectivity index (χ3n) is 1.94. The fraction of sp³-hybridized carbons (Fsp3) is 0.462. The maximum absolute atomic E-state index is 4.54.